The first kappa shape index (κ1) is 18.2. The van der Waals surface area contributed by atoms with E-state index in [0.29, 0.717) is 30.0 Å². The molecule has 0 aromatic rings. The molecule has 4 heteroatoms. The van der Waals surface area contributed by atoms with Crippen LogP contribution in [0.1, 0.15) is 72.1 Å². The van der Waals surface area contributed by atoms with Gasteiger partial charge in [-0.1, -0.05) is 24.6 Å². The average molecular weight is 359 g/mol. The molecule has 26 heavy (non-hydrogen) atoms. The highest BCUT2D eigenvalue weighted by Crippen LogP contribution is 2.67. The van der Waals surface area contributed by atoms with Crippen molar-refractivity contribution < 1.29 is 9.63 Å². The summed E-state index contributed by atoms with van der Waals surface area (Å²) in [7, 11) is 1.64. The molecule has 0 bridgehead atoms. The Hall–Kier alpha value is -1.16. The zero-order valence-electron chi connectivity index (χ0n) is 16.8. The van der Waals surface area contributed by atoms with Crippen molar-refractivity contribution in [1.82, 2.24) is 0 Å². The Morgan fingerprint density at radius 3 is 2.65 bits per heavy atom. The van der Waals surface area contributed by atoms with Gasteiger partial charge in [-0.2, -0.15) is 0 Å². The van der Waals surface area contributed by atoms with Crippen LogP contribution < -0.4 is 5.73 Å². The van der Waals surface area contributed by atoms with Gasteiger partial charge in [-0.25, -0.2) is 0 Å². The summed E-state index contributed by atoms with van der Waals surface area (Å²) in [4.78, 5) is 17.1. The van der Waals surface area contributed by atoms with Gasteiger partial charge < -0.3 is 10.6 Å². The zero-order valence-corrected chi connectivity index (χ0v) is 16.8. The van der Waals surface area contributed by atoms with Gasteiger partial charge in [0.05, 0.1) is 5.71 Å². The SMILES string of the molecule is CO/N=C(\C)[C@H]1CCC2[C@]3(N)CCC4=CC(=O)CC[C@]4(C)C3CC[C@@]21C. The normalized spacial score (nSPS) is 48.3. The number of allylic oxidation sites excluding steroid dienone is 1. The molecule has 144 valence electrons. The third-order valence-electron chi connectivity index (χ3n) is 8.90. The third kappa shape index (κ3) is 2.30. The molecule has 0 radical (unpaired) electrons. The second kappa shape index (κ2) is 5.92. The van der Waals surface area contributed by atoms with Gasteiger partial charge in [0.15, 0.2) is 5.78 Å². The van der Waals surface area contributed by atoms with Crippen LogP contribution in [-0.2, 0) is 9.63 Å². The minimum Gasteiger partial charge on any atom is -0.399 e. The summed E-state index contributed by atoms with van der Waals surface area (Å²) in [5.41, 5.74) is 10.1. The van der Waals surface area contributed by atoms with Crippen LogP contribution in [0.25, 0.3) is 0 Å². The molecule has 2 unspecified atom stereocenters. The van der Waals surface area contributed by atoms with E-state index < -0.39 is 0 Å². The van der Waals surface area contributed by atoms with E-state index in [9.17, 15) is 4.79 Å². The molecule has 0 aromatic heterocycles. The highest BCUT2D eigenvalue weighted by Gasteiger charge is 2.64. The summed E-state index contributed by atoms with van der Waals surface area (Å²) < 4.78 is 0. The summed E-state index contributed by atoms with van der Waals surface area (Å²) in [6.45, 7) is 6.96. The van der Waals surface area contributed by atoms with Gasteiger partial charge in [-0.05, 0) is 80.6 Å². The molecule has 4 nitrogen and oxygen atoms in total. The van der Waals surface area contributed by atoms with Crippen LogP contribution in [0, 0.1) is 28.6 Å². The zero-order chi connectivity index (χ0) is 18.7. The molecule has 3 saturated carbocycles. The fraction of sp³-hybridized carbons (Fsp3) is 0.818. The molecule has 0 aliphatic heterocycles. The van der Waals surface area contributed by atoms with Crippen molar-refractivity contribution in [2.24, 2.45) is 39.5 Å². The summed E-state index contributed by atoms with van der Waals surface area (Å²) in [6, 6.07) is 0. The summed E-state index contributed by atoms with van der Waals surface area (Å²) in [5.74, 6) is 1.83. The number of oxime groups is 1. The molecule has 4 aliphatic rings. The number of carbonyl (C=O) groups is 1. The molecule has 3 fully saturated rings. The van der Waals surface area contributed by atoms with Crippen LogP contribution in [0.3, 0.4) is 0 Å². The van der Waals surface area contributed by atoms with Gasteiger partial charge >= 0.3 is 0 Å². The number of nitrogens with two attached hydrogens (primary N) is 1. The van der Waals surface area contributed by atoms with Crippen molar-refractivity contribution >= 4 is 11.5 Å². The fourth-order valence-corrected chi connectivity index (χ4v) is 7.67. The standard InChI is InChI=1S/C22H34N2O2/c1-14(24-26-4)17-5-6-18-21(17,3)11-9-19-20(2)10-8-16(25)13-15(20)7-12-22(18,19)23/h13,17-19H,5-12,23H2,1-4H3/b24-14+/t17-,18?,19?,20+,21-,22-/m1/s1. The Bertz CT molecular complexity index is 684. The number of fused-ring (bicyclic) bond motifs is 5. The minimum absolute atomic E-state index is 0.110. The van der Waals surface area contributed by atoms with Crippen LogP contribution in [0.5, 0.6) is 0 Å². The topological polar surface area (TPSA) is 64.7 Å². The van der Waals surface area contributed by atoms with Gasteiger partial charge in [-0.15, -0.1) is 0 Å². The molecule has 0 saturated heterocycles. The smallest absolute Gasteiger partial charge is 0.155 e. The number of carbonyl (C=O) groups excluding carboxylic acids is 1. The van der Waals surface area contributed by atoms with E-state index in [-0.39, 0.29) is 16.4 Å². The molecule has 0 heterocycles. The highest BCUT2D eigenvalue weighted by molar-refractivity contribution is 5.91. The van der Waals surface area contributed by atoms with E-state index in [1.54, 1.807) is 7.11 Å². The molecule has 4 rings (SSSR count). The molecule has 6 atom stereocenters. The van der Waals surface area contributed by atoms with Crippen molar-refractivity contribution in [2.75, 3.05) is 7.11 Å². The van der Waals surface area contributed by atoms with E-state index >= 15 is 0 Å². The third-order valence-corrected chi connectivity index (χ3v) is 8.90. The molecule has 0 amide bonds. The van der Waals surface area contributed by atoms with Crippen LogP contribution in [0.15, 0.2) is 16.8 Å². The summed E-state index contributed by atoms with van der Waals surface area (Å²) >= 11 is 0. The maximum atomic E-state index is 12.0. The van der Waals surface area contributed by atoms with Gasteiger partial charge in [0, 0.05) is 17.9 Å². The largest absolute Gasteiger partial charge is 0.399 e. The van der Waals surface area contributed by atoms with Gasteiger partial charge in [0.25, 0.3) is 0 Å². The van der Waals surface area contributed by atoms with Crippen LogP contribution >= 0.6 is 0 Å². The number of rotatable bonds is 2. The molecule has 0 aromatic carbocycles. The van der Waals surface area contributed by atoms with Crippen molar-refractivity contribution in [1.29, 1.82) is 0 Å². The van der Waals surface area contributed by atoms with Crippen LogP contribution in [-0.4, -0.2) is 24.1 Å². The first-order chi connectivity index (χ1) is 12.3. The van der Waals surface area contributed by atoms with Crippen molar-refractivity contribution in [3.63, 3.8) is 0 Å². The summed E-state index contributed by atoms with van der Waals surface area (Å²) in [5, 5.41) is 4.29. The highest BCUT2D eigenvalue weighted by atomic mass is 16.6. The molecule has 4 aliphatic carbocycles. The lowest BCUT2D eigenvalue weighted by Gasteiger charge is -2.63. The Kier molecular flexibility index (Phi) is 4.15. The molecular formula is C22H34N2O2. The molecule has 0 spiro atoms. The van der Waals surface area contributed by atoms with E-state index in [1.807, 2.05) is 6.08 Å². The number of ketones is 1. The lowest BCUT2D eigenvalue weighted by molar-refractivity contribution is -0.118. The van der Waals surface area contributed by atoms with Crippen molar-refractivity contribution in [2.45, 2.75) is 77.7 Å². The predicted molar refractivity (Wildman–Crippen MR) is 104 cm³/mol. The summed E-state index contributed by atoms with van der Waals surface area (Å²) in [6.07, 6.45) is 10.4. The average Bonchev–Trinajstić information content (AvgIpc) is 2.94. The Balaban J connectivity index is 1.70. The van der Waals surface area contributed by atoms with Crippen LogP contribution in [0.4, 0.5) is 0 Å². The van der Waals surface area contributed by atoms with Gasteiger partial charge in [-0.3, -0.25) is 4.79 Å². The van der Waals surface area contributed by atoms with E-state index in [1.165, 1.54) is 31.3 Å². The van der Waals surface area contributed by atoms with Crippen LogP contribution in [0.2, 0.25) is 0 Å². The predicted octanol–water partition coefficient (Wildman–Crippen LogP) is 4.24. The number of hydrogen-bond donors (Lipinski definition) is 1. The second-order valence-corrected chi connectivity index (χ2v) is 9.86. The Morgan fingerprint density at radius 2 is 1.92 bits per heavy atom. The van der Waals surface area contributed by atoms with Crippen molar-refractivity contribution in [3.8, 4) is 0 Å². The minimum atomic E-state index is -0.110. The maximum absolute atomic E-state index is 12.0. The fourth-order valence-electron chi connectivity index (χ4n) is 7.67. The lowest BCUT2D eigenvalue weighted by Crippen LogP contribution is -2.66. The van der Waals surface area contributed by atoms with Gasteiger partial charge in [0.2, 0.25) is 0 Å². The Morgan fingerprint density at radius 1 is 1.15 bits per heavy atom. The second-order valence-electron chi connectivity index (χ2n) is 9.86. The monoisotopic (exact) mass is 358 g/mol. The van der Waals surface area contributed by atoms with E-state index in [2.05, 4.69) is 25.9 Å². The Labute approximate surface area is 157 Å². The van der Waals surface area contributed by atoms with E-state index in [4.69, 9.17) is 10.6 Å². The first-order valence-corrected chi connectivity index (χ1v) is 10.4. The first-order valence-electron chi connectivity index (χ1n) is 10.4. The quantitative estimate of drug-likeness (QED) is 0.593. The number of nitrogens with zero attached hydrogens (tertiary/aromatic N) is 1. The van der Waals surface area contributed by atoms with E-state index in [0.717, 1.165) is 25.0 Å². The number of hydrogen-bond acceptors (Lipinski definition) is 4. The molecular weight excluding hydrogens is 324 g/mol. The van der Waals surface area contributed by atoms with Crippen molar-refractivity contribution in [3.05, 3.63) is 11.6 Å². The lowest BCUT2D eigenvalue weighted by atomic mass is 9.43. The maximum Gasteiger partial charge on any atom is 0.155 e. The van der Waals surface area contributed by atoms with Gasteiger partial charge in [0.1, 0.15) is 7.11 Å². The molecule has 2 N–H and O–H groups in total.